The second kappa shape index (κ2) is 6.44. The third-order valence-corrected chi connectivity index (χ3v) is 5.71. The van der Waals surface area contributed by atoms with Crippen molar-refractivity contribution in [1.29, 1.82) is 0 Å². The Bertz CT molecular complexity index is 477. The van der Waals surface area contributed by atoms with E-state index in [1.807, 2.05) is 24.1 Å². The summed E-state index contributed by atoms with van der Waals surface area (Å²) in [5.74, 6) is -1.25. The Kier molecular flexibility index (Phi) is 5.23. The van der Waals surface area contributed by atoms with E-state index in [2.05, 4.69) is 0 Å². The lowest BCUT2D eigenvalue weighted by atomic mass is 9.74. The first-order chi connectivity index (χ1) is 9.77. The van der Waals surface area contributed by atoms with Crippen LogP contribution in [0, 0.1) is 5.92 Å². The summed E-state index contributed by atoms with van der Waals surface area (Å²) in [4.78, 5) is 3.03. The summed E-state index contributed by atoms with van der Waals surface area (Å²) >= 11 is 7.36. The number of rotatable bonds is 4. The molecule has 1 saturated carbocycles. The average molecular weight is 341 g/mol. The number of hydrogen-bond acceptors (Lipinski definition) is 3. The van der Waals surface area contributed by atoms with E-state index < -0.39 is 17.6 Å². The second-order valence-corrected chi connectivity index (χ2v) is 7.62. The fourth-order valence-electron chi connectivity index (χ4n) is 3.15. The highest BCUT2D eigenvalue weighted by atomic mass is 35.5. The Labute approximate surface area is 132 Å². The van der Waals surface area contributed by atoms with Crippen molar-refractivity contribution in [2.75, 3.05) is 13.6 Å². The molecule has 120 valence electrons. The van der Waals surface area contributed by atoms with Crippen molar-refractivity contribution < 1.29 is 13.2 Å². The minimum absolute atomic E-state index is 0.0859. The second-order valence-electron chi connectivity index (χ2n) is 5.83. The Balaban J connectivity index is 2.12. The third kappa shape index (κ3) is 3.92. The quantitative estimate of drug-likeness (QED) is 0.886. The molecule has 2 rings (SSSR count). The number of nitrogens with two attached hydrogens (primary N) is 1. The van der Waals surface area contributed by atoms with E-state index in [1.165, 1.54) is 11.3 Å². The highest BCUT2D eigenvalue weighted by Gasteiger charge is 2.48. The molecule has 0 aromatic carbocycles. The summed E-state index contributed by atoms with van der Waals surface area (Å²) in [6, 6.07) is 3.72. The highest BCUT2D eigenvalue weighted by Crippen LogP contribution is 2.44. The Morgan fingerprint density at radius 1 is 1.48 bits per heavy atom. The topological polar surface area (TPSA) is 29.3 Å². The van der Waals surface area contributed by atoms with Gasteiger partial charge in [-0.25, -0.2) is 0 Å². The van der Waals surface area contributed by atoms with Crippen molar-refractivity contribution in [2.45, 2.75) is 43.9 Å². The molecule has 0 amide bonds. The van der Waals surface area contributed by atoms with Gasteiger partial charge >= 0.3 is 6.18 Å². The molecule has 0 radical (unpaired) electrons. The minimum atomic E-state index is -4.13. The molecule has 0 aliphatic heterocycles. The maximum atomic E-state index is 13.0. The van der Waals surface area contributed by atoms with Crippen LogP contribution in [0.15, 0.2) is 12.1 Å². The molecule has 2 atom stereocenters. The molecular formula is C14H20ClF3N2S. The molecule has 1 aliphatic rings. The van der Waals surface area contributed by atoms with E-state index in [9.17, 15) is 13.2 Å². The predicted octanol–water partition coefficient (Wildman–Crippen LogP) is 4.28. The first-order valence-corrected chi connectivity index (χ1v) is 8.18. The normalized spacial score (nSPS) is 27.3. The van der Waals surface area contributed by atoms with Crippen LogP contribution < -0.4 is 5.73 Å². The van der Waals surface area contributed by atoms with Crippen molar-refractivity contribution >= 4 is 22.9 Å². The summed E-state index contributed by atoms with van der Waals surface area (Å²) < 4.78 is 39.8. The molecule has 2 nitrogen and oxygen atoms in total. The van der Waals surface area contributed by atoms with Crippen LogP contribution in [0.5, 0.6) is 0 Å². The first kappa shape index (κ1) is 17.1. The zero-order valence-electron chi connectivity index (χ0n) is 11.9. The van der Waals surface area contributed by atoms with Gasteiger partial charge in [0, 0.05) is 23.5 Å². The Morgan fingerprint density at radius 3 is 2.71 bits per heavy atom. The van der Waals surface area contributed by atoms with E-state index in [-0.39, 0.29) is 19.4 Å². The molecule has 0 bridgehead atoms. The van der Waals surface area contributed by atoms with Crippen LogP contribution in [0.3, 0.4) is 0 Å². The average Bonchev–Trinajstić information content (AvgIpc) is 2.83. The van der Waals surface area contributed by atoms with E-state index in [0.717, 1.165) is 4.88 Å². The molecule has 7 heteroatoms. The molecule has 1 aromatic heterocycles. The largest absolute Gasteiger partial charge is 0.391 e. The van der Waals surface area contributed by atoms with Gasteiger partial charge in [-0.2, -0.15) is 13.2 Å². The SMILES string of the molecule is CN(Cc1ccc(Cl)s1)C1(CN)CCCC(C(F)(F)F)C1. The summed E-state index contributed by atoms with van der Waals surface area (Å²) in [5.41, 5.74) is 5.30. The molecule has 2 N–H and O–H groups in total. The van der Waals surface area contributed by atoms with Crippen molar-refractivity contribution in [3.8, 4) is 0 Å². The minimum Gasteiger partial charge on any atom is -0.329 e. The van der Waals surface area contributed by atoms with Crippen LogP contribution >= 0.6 is 22.9 Å². The molecule has 21 heavy (non-hydrogen) atoms. The number of thiophene rings is 1. The fraction of sp³-hybridized carbons (Fsp3) is 0.714. The molecule has 0 saturated heterocycles. The fourth-order valence-corrected chi connectivity index (χ4v) is 4.29. The van der Waals surface area contributed by atoms with Crippen LogP contribution in [0.4, 0.5) is 13.2 Å². The van der Waals surface area contributed by atoms with E-state index in [0.29, 0.717) is 23.7 Å². The van der Waals surface area contributed by atoms with Crippen molar-refractivity contribution in [1.82, 2.24) is 4.90 Å². The van der Waals surface area contributed by atoms with Crippen molar-refractivity contribution in [3.63, 3.8) is 0 Å². The van der Waals surface area contributed by atoms with Crippen LogP contribution in [0.1, 0.15) is 30.6 Å². The number of halogens is 4. The van der Waals surface area contributed by atoms with Gasteiger partial charge in [-0.15, -0.1) is 11.3 Å². The van der Waals surface area contributed by atoms with E-state index in [4.69, 9.17) is 17.3 Å². The van der Waals surface area contributed by atoms with E-state index >= 15 is 0 Å². The molecule has 1 aliphatic carbocycles. The van der Waals surface area contributed by atoms with Crippen molar-refractivity contribution in [3.05, 3.63) is 21.3 Å². The predicted molar refractivity (Wildman–Crippen MR) is 80.6 cm³/mol. The van der Waals surface area contributed by atoms with Gasteiger partial charge in [0.2, 0.25) is 0 Å². The van der Waals surface area contributed by atoms with Crippen LogP contribution in [-0.2, 0) is 6.54 Å². The third-order valence-electron chi connectivity index (χ3n) is 4.50. The van der Waals surface area contributed by atoms with Gasteiger partial charge in [0.1, 0.15) is 0 Å². The molecule has 1 heterocycles. The van der Waals surface area contributed by atoms with Gasteiger partial charge in [0.25, 0.3) is 0 Å². The van der Waals surface area contributed by atoms with Crippen molar-refractivity contribution in [2.24, 2.45) is 11.7 Å². The Morgan fingerprint density at radius 2 is 2.19 bits per heavy atom. The Hall–Kier alpha value is -0.300. The standard InChI is InChI=1S/C14H20ClF3N2S/c1-20(8-11-4-5-12(15)21-11)13(9-19)6-2-3-10(7-13)14(16,17)18/h4-5,10H,2-3,6-9,19H2,1H3. The lowest BCUT2D eigenvalue weighted by molar-refractivity contribution is -0.193. The van der Waals surface area contributed by atoms with Gasteiger partial charge < -0.3 is 5.73 Å². The molecular weight excluding hydrogens is 321 g/mol. The maximum absolute atomic E-state index is 13.0. The van der Waals surface area contributed by atoms with Gasteiger partial charge in [-0.05, 0) is 38.4 Å². The van der Waals surface area contributed by atoms with E-state index in [1.54, 1.807) is 0 Å². The lowest BCUT2D eigenvalue weighted by Crippen LogP contribution is -2.55. The van der Waals surface area contributed by atoms with Crippen LogP contribution in [0.2, 0.25) is 4.34 Å². The maximum Gasteiger partial charge on any atom is 0.391 e. The smallest absolute Gasteiger partial charge is 0.329 e. The number of nitrogens with zero attached hydrogens (tertiary/aromatic N) is 1. The van der Waals surface area contributed by atoms with Gasteiger partial charge in [0.15, 0.2) is 0 Å². The van der Waals surface area contributed by atoms with Gasteiger partial charge in [-0.1, -0.05) is 18.0 Å². The molecule has 0 spiro atoms. The molecule has 1 aromatic rings. The van der Waals surface area contributed by atoms with Gasteiger partial charge in [0.05, 0.1) is 10.3 Å². The lowest BCUT2D eigenvalue weighted by Gasteiger charge is -2.46. The van der Waals surface area contributed by atoms with Crippen LogP contribution in [0.25, 0.3) is 0 Å². The zero-order chi connectivity index (χ0) is 15.7. The number of hydrogen-bond donors (Lipinski definition) is 1. The zero-order valence-corrected chi connectivity index (χ0v) is 13.5. The summed E-state index contributed by atoms with van der Waals surface area (Å²) in [7, 11) is 1.86. The number of alkyl halides is 3. The monoisotopic (exact) mass is 340 g/mol. The first-order valence-electron chi connectivity index (χ1n) is 6.99. The molecule has 1 fully saturated rings. The summed E-state index contributed by atoms with van der Waals surface area (Å²) in [6.07, 6.45) is -2.55. The van der Waals surface area contributed by atoms with Crippen LogP contribution in [-0.4, -0.2) is 30.2 Å². The highest BCUT2D eigenvalue weighted by molar-refractivity contribution is 7.16. The summed E-state index contributed by atoms with van der Waals surface area (Å²) in [6.45, 7) is 0.828. The molecule has 2 unspecified atom stereocenters. The summed E-state index contributed by atoms with van der Waals surface area (Å²) in [5, 5.41) is 0. The van der Waals surface area contributed by atoms with Gasteiger partial charge in [-0.3, -0.25) is 4.90 Å². The number of likely N-dealkylation sites (N-methyl/N-ethyl adjacent to an activating group) is 1.